The number of likely N-dealkylation sites (N-methyl/N-ethyl adjacent to an activating group) is 2. The van der Waals surface area contributed by atoms with Crippen molar-refractivity contribution >= 4 is 11.6 Å². The van der Waals surface area contributed by atoms with E-state index < -0.39 is 0 Å². The minimum absolute atomic E-state index is 0.0982. The zero-order chi connectivity index (χ0) is 15.9. The van der Waals surface area contributed by atoms with Gasteiger partial charge in [0.2, 0.25) is 5.91 Å². The predicted molar refractivity (Wildman–Crippen MR) is 92.0 cm³/mol. The van der Waals surface area contributed by atoms with Gasteiger partial charge in [0.25, 0.3) is 0 Å². The average Bonchev–Trinajstić information content (AvgIpc) is 2.60. The first-order chi connectivity index (χ1) is 10.7. The fraction of sp³-hybridized carbons (Fsp3) is 0.316. The van der Waals surface area contributed by atoms with E-state index in [0.29, 0.717) is 0 Å². The number of para-hydroxylation sites is 1. The lowest BCUT2D eigenvalue weighted by Gasteiger charge is -2.32. The second kappa shape index (κ2) is 7.76. The molecule has 1 amide bonds. The third kappa shape index (κ3) is 3.55. The molecule has 3 nitrogen and oxygen atoms in total. The molecule has 0 aliphatic rings. The van der Waals surface area contributed by atoms with E-state index in [1.807, 2.05) is 67.7 Å². The van der Waals surface area contributed by atoms with Crippen molar-refractivity contribution in [2.24, 2.45) is 0 Å². The van der Waals surface area contributed by atoms with E-state index in [9.17, 15) is 4.79 Å². The number of anilines is 1. The van der Waals surface area contributed by atoms with Gasteiger partial charge in [-0.15, -0.1) is 0 Å². The van der Waals surface area contributed by atoms with Crippen LogP contribution in [0, 0.1) is 0 Å². The zero-order valence-corrected chi connectivity index (χ0v) is 13.6. The topological polar surface area (TPSA) is 23.6 Å². The van der Waals surface area contributed by atoms with E-state index in [1.54, 1.807) is 4.90 Å². The molecule has 2 aromatic rings. The van der Waals surface area contributed by atoms with E-state index in [2.05, 4.69) is 18.7 Å². The van der Waals surface area contributed by atoms with Crippen molar-refractivity contribution in [3.05, 3.63) is 66.2 Å². The Morgan fingerprint density at radius 2 is 1.41 bits per heavy atom. The second-order valence-corrected chi connectivity index (χ2v) is 5.27. The lowest BCUT2D eigenvalue weighted by atomic mass is 10.0. The quantitative estimate of drug-likeness (QED) is 0.811. The van der Waals surface area contributed by atoms with Gasteiger partial charge in [0.1, 0.15) is 6.04 Å². The fourth-order valence-corrected chi connectivity index (χ4v) is 2.70. The van der Waals surface area contributed by atoms with E-state index in [1.165, 1.54) is 0 Å². The summed E-state index contributed by atoms with van der Waals surface area (Å²) >= 11 is 0. The molecule has 0 spiro atoms. The van der Waals surface area contributed by atoms with Crippen molar-refractivity contribution in [2.75, 3.05) is 25.0 Å². The molecule has 116 valence electrons. The zero-order valence-electron chi connectivity index (χ0n) is 13.6. The van der Waals surface area contributed by atoms with Crippen LogP contribution in [-0.4, -0.2) is 30.9 Å². The number of carbonyl (C=O) groups excluding carboxylic acids is 1. The van der Waals surface area contributed by atoms with Gasteiger partial charge in [0, 0.05) is 12.7 Å². The Kier molecular flexibility index (Phi) is 5.73. The van der Waals surface area contributed by atoms with E-state index >= 15 is 0 Å². The Morgan fingerprint density at radius 1 is 0.909 bits per heavy atom. The van der Waals surface area contributed by atoms with Gasteiger partial charge in [0.15, 0.2) is 0 Å². The second-order valence-electron chi connectivity index (χ2n) is 5.27. The highest BCUT2D eigenvalue weighted by molar-refractivity contribution is 5.97. The molecule has 0 bridgehead atoms. The molecule has 0 radical (unpaired) electrons. The van der Waals surface area contributed by atoms with Crippen LogP contribution in [0.15, 0.2) is 60.7 Å². The number of rotatable bonds is 6. The molecular formula is C19H24N2O. The molecule has 0 saturated carbocycles. The summed E-state index contributed by atoms with van der Waals surface area (Å²) in [6.07, 6.45) is 0. The van der Waals surface area contributed by atoms with Crippen LogP contribution in [0.1, 0.15) is 25.5 Å². The Morgan fingerprint density at radius 3 is 1.91 bits per heavy atom. The van der Waals surface area contributed by atoms with Gasteiger partial charge in [-0.05, 0) is 30.8 Å². The largest absolute Gasteiger partial charge is 0.314 e. The maximum atomic E-state index is 13.1. The van der Waals surface area contributed by atoms with Gasteiger partial charge < -0.3 is 4.90 Å². The third-order valence-electron chi connectivity index (χ3n) is 4.00. The maximum Gasteiger partial charge on any atom is 0.248 e. The molecule has 0 N–H and O–H groups in total. The third-order valence-corrected chi connectivity index (χ3v) is 4.00. The molecule has 0 saturated heterocycles. The van der Waals surface area contributed by atoms with Gasteiger partial charge >= 0.3 is 0 Å². The van der Waals surface area contributed by atoms with E-state index in [0.717, 1.165) is 24.3 Å². The maximum absolute atomic E-state index is 13.1. The lowest BCUT2D eigenvalue weighted by molar-refractivity contribution is -0.123. The Hall–Kier alpha value is -2.13. The number of benzene rings is 2. The van der Waals surface area contributed by atoms with Crippen LogP contribution >= 0.6 is 0 Å². The summed E-state index contributed by atoms with van der Waals surface area (Å²) in [5, 5.41) is 0. The Bertz CT molecular complexity index is 579. The number of carbonyl (C=O) groups is 1. The monoisotopic (exact) mass is 296 g/mol. The summed E-state index contributed by atoms with van der Waals surface area (Å²) < 4.78 is 0. The molecule has 1 unspecified atom stereocenters. The van der Waals surface area contributed by atoms with Gasteiger partial charge in [-0.2, -0.15) is 0 Å². The van der Waals surface area contributed by atoms with Gasteiger partial charge in [-0.1, -0.05) is 62.4 Å². The highest BCUT2D eigenvalue weighted by Crippen LogP contribution is 2.25. The first-order valence-electron chi connectivity index (χ1n) is 7.80. The fourth-order valence-electron chi connectivity index (χ4n) is 2.70. The Balaban J connectivity index is 2.34. The molecule has 3 heteroatoms. The van der Waals surface area contributed by atoms with Gasteiger partial charge in [0.05, 0.1) is 0 Å². The molecule has 0 fully saturated rings. The number of nitrogens with zero attached hydrogens (tertiary/aromatic N) is 2. The molecule has 2 rings (SSSR count). The molecule has 0 aliphatic carbocycles. The molecule has 1 atom stereocenters. The van der Waals surface area contributed by atoms with Crippen molar-refractivity contribution in [3.63, 3.8) is 0 Å². The SMILES string of the molecule is CCN(CC)C(C(=O)N(C)c1ccccc1)c1ccccc1. The first kappa shape index (κ1) is 16.2. The highest BCUT2D eigenvalue weighted by atomic mass is 16.2. The van der Waals surface area contributed by atoms with Gasteiger partial charge in [-0.3, -0.25) is 9.69 Å². The summed E-state index contributed by atoms with van der Waals surface area (Å²) in [4.78, 5) is 17.0. The number of amides is 1. The van der Waals surface area contributed by atoms with E-state index in [-0.39, 0.29) is 11.9 Å². The van der Waals surface area contributed by atoms with Crippen LogP contribution < -0.4 is 4.90 Å². The van der Waals surface area contributed by atoms with Crippen molar-refractivity contribution in [3.8, 4) is 0 Å². The lowest BCUT2D eigenvalue weighted by Crippen LogP contribution is -2.41. The summed E-state index contributed by atoms with van der Waals surface area (Å²) in [5.41, 5.74) is 1.96. The minimum atomic E-state index is -0.249. The summed E-state index contributed by atoms with van der Waals surface area (Å²) in [6.45, 7) is 5.86. The first-order valence-corrected chi connectivity index (χ1v) is 7.80. The van der Waals surface area contributed by atoms with E-state index in [4.69, 9.17) is 0 Å². The molecule has 0 aromatic heterocycles. The molecule has 22 heavy (non-hydrogen) atoms. The van der Waals surface area contributed by atoms with Crippen molar-refractivity contribution in [2.45, 2.75) is 19.9 Å². The van der Waals surface area contributed by atoms with Crippen LogP contribution in [0.2, 0.25) is 0 Å². The van der Waals surface area contributed by atoms with Crippen LogP contribution in [0.4, 0.5) is 5.69 Å². The normalized spacial score (nSPS) is 12.2. The van der Waals surface area contributed by atoms with Crippen molar-refractivity contribution in [1.82, 2.24) is 4.90 Å². The molecular weight excluding hydrogens is 272 g/mol. The predicted octanol–water partition coefficient (Wildman–Crippen LogP) is 3.73. The number of hydrogen-bond acceptors (Lipinski definition) is 2. The highest BCUT2D eigenvalue weighted by Gasteiger charge is 2.28. The van der Waals surface area contributed by atoms with Crippen LogP contribution in [0.3, 0.4) is 0 Å². The minimum Gasteiger partial charge on any atom is -0.314 e. The molecule has 0 aliphatic heterocycles. The van der Waals surface area contributed by atoms with Crippen LogP contribution in [0.25, 0.3) is 0 Å². The van der Waals surface area contributed by atoms with Crippen molar-refractivity contribution in [1.29, 1.82) is 0 Å². The molecule has 2 aromatic carbocycles. The average molecular weight is 296 g/mol. The smallest absolute Gasteiger partial charge is 0.248 e. The summed E-state index contributed by atoms with van der Waals surface area (Å²) in [6, 6.07) is 19.5. The van der Waals surface area contributed by atoms with Crippen LogP contribution in [0.5, 0.6) is 0 Å². The summed E-state index contributed by atoms with van der Waals surface area (Å²) in [5.74, 6) is 0.0982. The molecule has 0 heterocycles. The number of hydrogen-bond donors (Lipinski definition) is 0. The van der Waals surface area contributed by atoms with Gasteiger partial charge in [-0.25, -0.2) is 0 Å². The Labute approximate surface area is 133 Å². The standard InChI is InChI=1S/C19H24N2O/c1-4-21(5-2)18(16-12-8-6-9-13-16)19(22)20(3)17-14-10-7-11-15-17/h6-15,18H,4-5H2,1-3H3. The van der Waals surface area contributed by atoms with Crippen molar-refractivity contribution < 1.29 is 4.79 Å². The summed E-state index contributed by atoms with van der Waals surface area (Å²) in [7, 11) is 1.84. The van der Waals surface area contributed by atoms with Crippen LogP contribution in [-0.2, 0) is 4.79 Å².